The molecule has 6 heteroatoms. The Bertz CT molecular complexity index is 618. The molecule has 1 aromatic carbocycles. The molecule has 0 spiro atoms. The normalized spacial score (nSPS) is 12.1. The van der Waals surface area contributed by atoms with Crippen molar-refractivity contribution in [3.8, 4) is 5.75 Å². The van der Waals surface area contributed by atoms with Gasteiger partial charge in [-0.2, -0.15) is 5.10 Å². The molecule has 2 rings (SSSR count). The summed E-state index contributed by atoms with van der Waals surface area (Å²) in [6.45, 7) is 6.09. The van der Waals surface area contributed by atoms with E-state index in [4.69, 9.17) is 17.0 Å². The number of allylic oxidation sites excluding steroid dienone is 1. The summed E-state index contributed by atoms with van der Waals surface area (Å²) < 4.78 is 20.8. The van der Waals surface area contributed by atoms with Crippen molar-refractivity contribution in [2.24, 2.45) is 0 Å². The van der Waals surface area contributed by atoms with E-state index < -0.39 is 0 Å². The van der Waals surface area contributed by atoms with Gasteiger partial charge < -0.3 is 4.74 Å². The van der Waals surface area contributed by atoms with Gasteiger partial charge in [0.05, 0.1) is 0 Å². The second-order valence-electron chi connectivity index (χ2n) is 4.00. The first kappa shape index (κ1) is 13.5. The third-order valence-electron chi connectivity index (χ3n) is 2.59. The van der Waals surface area contributed by atoms with Gasteiger partial charge in [0.1, 0.15) is 11.6 Å². The molecule has 0 radical (unpaired) electrons. The SMILES string of the molecule is C=CCn1c([C@H](C)Oc2ccc(F)cc2)n[nH]c1=S. The molecule has 0 saturated heterocycles. The standard InChI is InChI=1S/C13H14FN3OS/c1-3-8-17-12(15-16-13(17)19)9(2)18-11-6-4-10(14)5-7-11/h3-7,9H,1,8H2,2H3,(H,16,19)/t9-/m0/s1. The first-order chi connectivity index (χ1) is 9.11. The van der Waals surface area contributed by atoms with E-state index in [0.717, 1.165) is 0 Å². The molecule has 0 amide bonds. The fourth-order valence-corrected chi connectivity index (χ4v) is 1.93. The van der Waals surface area contributed by atoms with Gasteiger partial charge in [0, 0.05) is 6.54 Å². The Kier molecular flexibility index (Phi) is 4.11. The van der Waals surface area contributed by atoms with E-state index in [2.05, 4.69) is 16.8 Å². The van der Waals surface area contributed by atoms with Crippen LogP contribution in [0.25, 0.3) is 0 Å². The third-order valence-corrected chi connectivity index (χ3v) is 2.90. The highest BCUT2D eigenvalue weighted by atomic mass is 32.1. The van der Waals surface area contributed by atoms with E-state index in [-0.39, 0.29) is 11.9 Å². The Balaban J connectivity index is 2.20. The number of ether oxygens (including phenoxy) is 1. The van der Waals surface area contributed by atoms with Gasteiger partial charge >= 0.3 is 0 Å². The Labute approximate surface area is 115 Å². The van der Waals surface area contributed by atoms with Crippen LogP contribution in [0.3, 0.4) is 0 Å². The summed E-state index contributed by atoms with van der Waals surface area (Å²) in [5, 5.41) is 6.87. The fraction of sp³-hybridized carbons (Fsp3) is 0.231. The van der Waals surface area contributed by atoms with Crippen molar-refractivity contribution in [2.45, 2.75) is 19.6 Å². The first-order valence-electron chi connectivity index (χ1n) is 5.80. The fourth-order valence-electron chi connectivity index (χ4n) is 1.72. The number of nitrogens with zero attached hydrogens (tertiary/aromatic N) is 2. The van der Waals surface area contributed by atoms with Crippen LogP contribution in [0.15, 0.2) is 36.9 Å². The monoisotopic (exact) mass is 279 g/mol. The Hall–Kier alpha value is -1.95. The number of H-pyrrole nitrogens is 1. The van der Waals surface area contributed by atoms with E-state index in [1.165, 1.54) is 12.1 Å². The topological polar surface area (TPSA) is 42.8 Å². The van der Waals surface area contributed by atoms with Crippen LogP contribution in [0.5, 0.6) is 5.75 Å². The van der Waals surface area contributed by atoms with Gasteiger partial charge in [-0.25, -0.2) is 4.39 Å². The second-order valence-corrected chi connectivity index (χ2v) is 4.39. The zero-order valence-corrected chi connectivity index (χ0v) is 11.3. The van der Waals surface area contributed by atoms with Crippen molar-refractivity contribution in [3.05, 3.63) is 53.3 Å². The Morgan fingerprint density at radius 1 is 1.53 bits per heavy atom. The molecular weight excluding hydrogens is 265 g/mol. The van der Waals surface area contributed by atoms with Gasteiger partial charge in [-0.1, -0.05) is 6.08 Å². The number of aromatic amines is 1. The number of aromatic nitrogens is 3. The number of hydrogen-bond acceptors (Lipinski definition) is 3. The minimum atomic E-state index is -0.307. The maximum atomic E-state index is 12.8. The average Bonchev–Trinajstić information content (AvgIpc) is 2.75. The Morgan fingerprint density at radius 2 is 2.21 bits per heavy atom. The smallest absolute Gasteiger partial charge is 0.195 e. The van der Waals surface area contributed by atoms with E-state index in [1.807, 2.05) is 6.92 Å². The summed E-state index contributed by atoms with van der Waals surface area (Å²) in [6.07, 6.45) is 1.43. The lowest BCUT2D eigenvalue weighted by molar-refractivity contribution is 0.211. The van der Waals surface area contributed by atoms with Crippen molar-refractivity contribution in [1.82, 2.24) is 14.8 Å². The molecular formula is C13H14FN3OS. The van der Waals surface area contributed by atoms with Crippen LogP contribution in [0, 0.1) is 10.6 Å². The summed E-state index contributed by atoms with van der Waals surface area (Å²) >= 11 is 5.13. The first-order valence-corrected chi connectivity index (χ1v) is 6.21. The zero-order valence-electron chi connectivity index (χ0n) is 10.5. The van der Waals surface area contributed by atoms with Crippen molar-refractivity contribution in [2.75, 3.05) is 0 Å². The largest absolute Gasteiger partial charge is 0.483 e. The predicted octanol–water partition coefficient (Wildman–Crippen LogP) is 3.41. The van der Waals surface area contributed by atoms with Crippen LogP contribution >= 0.6 is 12.2 Å². The second kappa shape index (κ2) is 5.79. The Morgan fingerprint density at radius 3 is 2.84 bits per heavy atom. The van der Waals surface area contributed by atoms with E-state index >= 15 is 0 Å². The molecule has 1 atom stereocenters. The molecule has 0 saturated carbocycles. The lowest BCUT2D eigenvalue weighted by Gasteiger charge is -2.14. The molecule has 0 fully saturated rings. The molecule has 0 aliphatic rings. The van der Waals surface area contributed by atoms with Gasteiger partial charge in [-0.3, -0.25) is 9.67 Å². The number of halogens is 1. The predicted molar refractivity (Wildman–Crippen MR) is 73.1 cm³/mol. The van der Waals surface area contributed by atoms with Gasteiger partial charge in [0.25, 0.3) is 0 Å². The van der Waals surface area contributed by atoms with Crippen LogP contribution in [-0.4, -0.2) is 14.8 Å². The molecule has 0 unspecified atom stereocenters. The third kappa shape index (κ3) is 3.08. The maximum absolute atomic E-state index is 12.8. The highest BCUT2D eigenvalue weighted by Gasteiger charge is 2.15. The minimum Gasteiger partial charge on any atom is -0.483 e. The van der Waals surface area contributed by atoms with E-state index in [1.54, 1.807) is 22.8 Å². The van der Waals surface area contributed by atoms with Crippen LogP contribution in [-0.2, 0) is 6.54 Å². The lowest BCUT2D eigenvalue weighted by atomic mass is 10.3. The molecule has 1 heterocycles. The molecule has 1 N–H and O–H groups in total. The summed E-state index contributed by atoms with van der Waals surface area (Å²) in [7, 11) is 0. The van der Waals surface area contributed by atoms with Gasteiger partial charge in [-0.15, -0.1) is 6.58 Å². The van der Waals surface area contributed by atoms with E-state index in [9.17, 15) is 4.39 Å². The lowest BCUT2D eigenvalue weighted by Crippen LogP contribution is -2.11. The molecule has 2 aromatic rings. The van der Waals surface area contributed by atoms with Gasteiger partial charge in [0.15, 0.2) is 16.7 Å². The molecule has 0 bridgehead atoms. The molecule has 1 aromatic heterocycles. The van der Waals surface area contributed by atoms with Crippen molar-refractivity contribution < 1.29 is 9.13 Å². The van der Waals surface area contributed by atoms with Crippen LogP contribution in [0.4, 0.5) is 4.39 Å². The van der Waals surface area contributed by atoms with Crippen LogP contribution in [0.2, 0.25) is 0 Å². The van der Waals surface area contributed by atoms with Crippen LogP contribution in [0.1, 0.15) is 18.9 Å². The highest BCUT2D eigenvalue weighted by Crippen LogP contribution is 2.20. The minimum absolute atomic E-state index is 0.297. The summed E-state index contributed by atoms with van der Waals surface area (Å²) in [6, 6.07) is 5.85. The summed E-state index contributed by atoms with van der Waals surface area (Å²) in [5.74, 6) is 0.955. The van der Waals surface area contributed by atoms with Crippen molar-refractivity contribution in [3.63, 3.8) is 0 Å². The average molecular weight is 279 g/mol. The molecule has 0 aliphatic carbocycles. The van der Waals surface area contributed by atoms with Gasteiger partial charge in [0.2, 0.25) is 0 Å². The maximum Gasteiger partial charge on any atom is 0.195 e. The number of hydrogen-bond donors (Lipinski definition) is 1. The van der Waals surface area contributed by atoms with Gasteiger partial charge in [-0.05, 0) is 43.4 Å². The van der Waals surface area contributed by atoms with Crippen molar-refractivity contribution in [1.29, 1.82) is 0 Å². The molecule has 4 nitrogen and oxygen atoms in total. The van der Waals surface area contributed by atoms with Crippen LogP contribution < -0.4 is 4.74 Å². The summed E-state index contributed by atoms with van der Waals surface area (Å²) in [5.41, 5.74) is 0. The molecule has 100 valence electrons. The highest BCUT2D eigenvalue weighted by molar-refractivity contribution is 7.71. The van der Waals surface area contributed by atoms with Crippen molar-refractivity contribution >= 4 is 12.2 Å². The molecule has 0 aliphatic heterocycles. The van der Waals surface area contributed by atoms with E-state index in [0.29, 0.717) is 22.9 Å². The number of rotatable bonds is 5. The quantitative estimate of drug-likeness (QED) is 0.673. The zero-order chi connectivity index (χ0) is 13.8. The summed E-state index contributed by atoms with van der Waals surface area (Å²) in [4.78, 5) is 0. The molecule has 19 heavy (non-hydrogen) atoms. The number of nitrogens with one attached hydrogen (secondary N) is 1. The number of benzene rings is 1.